The van der Waals surface area contributed by atoms with E-state index in [0.29, 0.717) is 23.1 Å². The van der Waals surface area contributed by atoms with Crippen LogP contribution in [-0.2, 0) is 0 Å². The number of aromatic nitrogens is 1. The Kier molecular flexibility index (Phi) is 3.30. The summed E-state index contributed by atoms with van der Waals surface area (Å²) >= 11 is 0. The molecule has 1 N–H and O–H groups in total. The van der Waals surface area contributed by atoms with Gasteiger partial charge in [0.1, 0.15) is 11.6 Å². The first-order valence-electron chi connectivity index (χ1n) is 7.58. The summed E-state index contributed by atoms with van der Waals surface area (Å²) in [6.07, 6.45) is 4.67. The van der Waals surface area contributed by atoms with Crippen LogP contribution >= 0.6 is 0 Å². The lowest BCUT2D eigenvalue weighted by Gasteiger charge is -2.32. The molecule has 2 bridgehead atoms. The van der Waals surface area contributed by atoms with E-state index in [9.17, 15) is 8.78 Å². The van der Waals surface area contributed by atoms with E-state index in [2.05, 4.69) is 15.2 Å². The van der Waals surface area contributed by atoms with Crippen molar-refractivity contribution in [3.05, 3.63) is 48.3 Å². The van der Waals surface area contributed by atoms with Crippen molar-refractivity contribution in [1.82, 2.24) is 10.3 Å². The van der Waals surface area contributed by atoms with Gasteiger partial charge in [-0.05, 0) is 30.5 Å². The van der Waals surface area contributed by atoms with Gasteiger partial charge in [-0.3, -0.25) is 4.98 Å². The number of rotatable bonds is 2. The van der Waals surface area contributed by atoms with Crippen molar-refractivity contribution >= 4 is 5.69 Å². The van der Waals surface area contributed by atoms with E-state index in [1.54, 1.807) is 6.20 Å². The molecular weight excluding hydrogens is 284 g/mol. The Balaban J connectivity index is 1.65. The molecule has 2 aliphatic heterocycles. The Labute approximate surface area is 128 Å². The molecule has 1 aromatic carbocycles. The van der Waals surface area contributed by atoms with Crippen molar-refractivity contribution in [1.29, 1.82) is 0 Å². The fourth-order valence-corrected chi connectivity index (χ4v) is 3.52. The maximum atomic E-state index is 14.0. The lowest BCUT2D eigenvalue weighted by molar-refractivity contribution is 0.474. The summed E-state index contributed by atoms with van der Waals surface area (Å²) in [6.45, 7) is 3.02. The van der Waals surface area contributed by atoms with Crippen LogP contribution in [0.25, 0.3) is 11.1 Å². The maximum absolute atomic E-state index is 14.0. The van der Waals surface area contributed by atoms with Gasteiger partial charge < -0.3 is 10.2 Å². The zero-order valence-electron chi connectivity index (χ0n) is 12.1. The number of nitrogens with zero attached hydrogens (tertiary/aromatic N) is 2. The topological polar surface area (TPSA) is 28.2 Å². The van der Waals surface area contributed by atoms with Gasteiger partial charge in [0.05, 0.1) is 11.9 Å². The monoisotopic (exact) mass is 301 g/mol. The van der Waals surface area contributed by atoms with Crippen LogP contribution in [0.5, 0.6) is 0 Å². The van der Waals surface area contributed by atoms with Crippen LogP contribution in [0.1, 0.15) is 6.42 Å². The second kappa shape index (κ2) is 5.32. The van der Waals surface area contributed by atoms with Crippen LogP contribution in [0, 0.1) is 17.6 Å². The van der Waals surface area contributed by atoms with Gasteiger partial charge >= 0.3 is 0 Å². The van der Waals surface area contributed by atoms with Crippen LogP contribution in [0.15, 0.2) is 36.7 Å². The molecule has 2 aromatic rings. The molecule has 2 fully saturated rings. The van der Waals surface area contributed by atoms with E-state index in [4.69, 9.17) is 0 Å². The molecule has 3 heterocycles. The van der Waals surface area contributed by atoms with Crippen molar-refractivity contribution in [3.63, 3.8) is 0 Å². The van der Waals surface area contributed by atoms with Crippen molar-refractivity contribution in [2.24, 2.45) is 5.92 Å². The highest BCUT2D eigenvalue weighted by Gasteiger charge is 2.32. The lowest BCUT2D eigenvalue weighted by atomic mass is 9.99. The zero-order chi connectivity index (χ0) is 15.1. The van der Waals surface area contributed by atoms with Gasteiger partial charge in [0.2, 0.25) is 0 Å². The molecule has 0 radical (unpaired) electrons. The third-order valence-corrected chi connectivity index (χ3v) is 4.56. The van der Waals surface area contributed by atoms with E-state index in [0.717, 1.165) is 31.4 Å². The van der Waals surface area contributed by atoms with Gasteiger partial charge in [-0.1, -0.05) is 0 Å². The molecule has 3 nitrogen and oxygen atoms in total. The second-order valence-corrected chi connectivity index (χ2v) is 6.17. The smallest absolute Gasteiger partial charge is 0.133 e. The molecule has 0 saturated carbocycles. The van der Waals surface area contributed by atoms with Gasteiger partial charge in [-0.15, -0.1) is 0 Å². The zero-order valence-corrected chi connectivity index (χ0v) is 12.1. The van der Waals surface area contributed by atoms with Crippen LogP contribution < -0.4 is 10.2 Å². The number of halogens is 2. The highest BCUT2D eigenvalue weighted by molar-refractivity contribution is 5.67. The Bertz CT molecular complexity index is 692. The molecule has 5 heteroatoms. The van der Waals surface area contributed by atoms with E-state index < -0.39 is 11.6 Å². The van der Waals surface area contributed by atoms with E-state index >= 15 is 0 Å². The third kappa shape index (κ3) is 2.46. The van der Waals surface area contributed by atoms with Crippen LogP contribution in [0.3, 0.4) is 0 Å². The summed E-state index contributed by atoms with van der Waals surface area (Å²) in [7, 11) is 0. The van der Waals surface area contributed by atoms with Crippen molar-refractivity contribution in [2.45, 2.75) is 12.5 Å². The largest absolute Gasteiger partial charge is 0.368 e. The molecular formula is C17H17F2N3. The minimum absolute atomic E-state index is 0.383. The first-order valence-corrected chi connectivity index (χ1v) is 7.58. The summed E-state index contributed by atoms with van der Waals surface area (Å²) in [5.41, 5.74) is 2.06. The first-order chi connectivity index (χ1) is 10.7. The van der Waals surface area contributed by atoms with Crippen molar-refractivity contribution in [3.8, 4) is 11.1 Å². The first kappa shape index (κ1) is 13.6. The summed E-state index contributed by atoms with van der Waals surface area (Å²) in [5, 5.41) is 3.52. The van der Waals surface area contributed by atoms with Gasteiger partial charge in [-0.25, -0.2) is 8.78 Å². The van der Waals surface area contributed by atoms with Crippen molar-refractivity contribution in [2.75, 3.05) is 24.5 Å². The van der Waals surface area contributed by atoms with Gasteiger partial charge in [0.25, 0.3) is 0 Å². The standard InChI is InChI=1S/C17H17F2N3/c18-13-1-2-16(17(19)5-13)12-4-15(8-20-7-12)22-9-11-3-14(10-22)21-6-11/h1-2,4-5,7-8,11,14,21H,3,6,9-10H2/t11-,14+/m0/s1. The number of nitrogens with one attached hydrogen (secondary N) is 1. The Hall–Kier alpha value is -2.01. The summed E-state index contributed by atoms with van der Waals surface area (Å²) in [4.78, 5) is 6.55. The van der Waals surface area contributed by atoms with Gasteiger partial charge in [-0.2, -0.15) is 0 Å². The molecule has 2 atom stereocenters. The number of fused-ring (bicyclic) bond motifs is 2. The quantitative estimate of drug-likeness (QED) is 0.924. The van der Waals surface area contributed by atoms with E-state index in [-0.39, 0.29) is 0 Å². The number of hydrogen-bond acceptors (Lipinski definition) is 3. The van der Waals surface area contributed by atoms with E-state index in [1.165, 1.54) is 18.6 Å². The van der Waals surface area contributed by atoms with E-state index in [1.807, 2.05) is 12.3 Å². The summed E-state index contributed by atoms with van der Waals surface area (Å²) in [5.74, 6) is -0.451. The molecule has 4 rings (SSSR count). The average molecular weight is 301 g/mol. The van der Waals surface area contributed by atoms with Crippen LogP contribution in [-0.4, -0.2) is 30.7 Å². The molecule has 0 aliphatic carbocycles. The summed E-state index contributed by atoms with van der Waals surface area (Å²) < 4.78 is 27.0. The molecule has 0 amide bonds. The average Bonchev–Trinajstić information content (AvgIpc) is 2.86. The lowest BCUT2D eigenvalue weighted by Crippen LogP contribution is -2.41. The number of benzene rings is 1. The normalized spacial score (nSPS) is 23.8. The molecule has 0 spiro atoms. The fraction of sp³-hybridized carbons (Fsp3) is 0.353. The number of hydrogen-bond donors (Lipinski definition) is 1. The van der Waals surface area contributed by atoms with Crippen molar-refractivity contribution < 1.29 is 8.78 Å². The van der Waals surface area contributed by atoms with Gasteiger partial charge in [0.15, 0.2) is 0 Å². The second-order valence-electron chi connectivity index (χ2n) is 6.17. The Morgan fingerprint density at radius 1 is 1.14 bits per heavy atom. The molecule has 2 aliphatic rings. The minimum atomic E-state index is -0.566. The molecule has 2 saturated heterocycles. The Morgan fingerprint density at radius 3 is 2.86 bits per heavy atom. The molecule has 22 heavy (non-hydrogen) atoms. The van der Waals surface area contributed by atoms with Crippen LogP contribution in [0.4, 0.5) is 14.5 Å². The summed E-state index contributed by atoms with van der Waals surface area (Å²) in [6, 6.07) is 6.12. The maximum Gasteiger partial charge on any atom is 0.133 e. The number of anilines is 1. The predicted octanol–water partition coefficient (Wildman–Crippen LogP) is 2.82. The number of piperidine rings is 1. The Morgan fingerprint density at radius 2 is 2.05 bits per heavy atom. The van der Waals surface area contributed by atoms with Gasteiger partial charge in [0, 0.05) is 49.1 Å². The molecule has 0 unspecified atom stereocenters. The minimum Gasteiger partial charge on any atom is -0.368 e. The SMILES string of the molecule is Fc1ccc(-c2cncc(N3C[C@@H]4CN[C@H](C4)C3)c2)c(F)c1. The molecule has 1 aromatic heterocycles. The highest BCUT2D eigenvalue weighted by atomic mass is 19.1. The fourth-order valence-electron chi connectivity index (χ4n) is 3.52. The molecule has 114 valence electrons. The van der Waals surface area contributed by atoms with Crippen LogP contribution in [0.2, 0.25) is 0 Å². The highest BCUT2D eigenvalue weighted by Crippen LogP contribution is 2.30. The third-order valence-electron chi connectivity index (χ3n) is 4.56. The number of pyridine rings is 1. The predicted molar refractivity (Wildman–Crippen MR) is 81.7 cm³/mol.